The maximum absolute atomic E-state index is 14.0. The van der Waals surface area contributed by atoms with Crippen molar-refractivity contribution >= 4 is 30.0 Å². The van der Waals surface area contributed by atoms with E-state index in [1.54, 1.807) is 17.1 Å². The predicted octanol–water partition coefficient (Wildman–Crippen LogP) is 7.51. The number of allylic oxidation sites excluding steroid dienone is 2. The van der Waals surface area contributed by atoms with Crippen LogP contribution in [0.5, 0.6) is 0 Å². The fourth-order valence-corrected chi connectivity index (χ4v) is 8.45. The fourth-order valence-electron chi connectivity index (χ4n) is 8.45. The predicted molar refractivity (Wildman–Crippen MR) is 247 cm³/mol. The van der Waals surface area contributed by atoms with Crippen LogP contribution in [0.1, 0.15) is 78.7 Å². The SMILES string of the molecule is C=CCC[C@H](NC(=O)OCC1c2ccccc2-c2ccccc21)C(=O)OC[C@H](CCCCNC(=O)OCc1ccccc1)NC(=O)[C@@H](CC=C)CC(=O)N1Cc2ccccc2C[C@H]1CO. The van der Waals surface area contributed by atoms with Crippen molar-refractivity contribution in [3.05, 3.63) is 156 Å². The highest BCUT2D eigenvalue weighted by Crippen LogP contribution is 2.44. The summed E-state index contributed by atoms with van der Waals surface area (Å²) in [5.74, 6) is -2.34. The monoisotopic (exact) mass is 884 g/mol. The summed E-state index contributed by atoms with van der Waals surface area (Å²) in [6, 6.07) is 31.0. The van der Waals surface area contributed by atoms with E-state index in [9.17, 15) is 29.1 Å². The Labute approximate surface area is 381 Å². The Kier molecular flexibility index (Phi) is 17.9. The van der Waals surface area contributed by atoms with Gasteiger partial charge in [0.25, 0.3) is 0 Å². The van der Waals surface area contributed by atoms with E-state index in [-0.39, 0.29) is 57.5 Å². The molecule has 6 rings (SSSR count). The zero-order valence-electron chi connectivity index (χ0n) is 36.8. The number of nitrogens with one attached hydrogen (secondary N) is 3. The molecule has 4 amide bonds. The molecule has 4 N–H and O–H groups in total. The summed E-state index contributed by atoms with van der Waals surface area (Å²) in [5.41, 5.74) is 7.24. The van der Waals surface area contributed by atoms with Gasteiger partial charge in [-0.05, 0) is 83.9 Å². The van der Waals surface area contributed by atoms with Gasteiger partial charge in [-0.15, -0.1) is 13.2 Å². The molecule has 13 nitrogen and oxygen atoms in total. The second-order valence-electron chi connectivity index (χ2n) is 16.5. The molecule has 342 valence electrons. The molecular formula is C52H60N4O9. The number of fused-ring (bicyclic) bond motifs is 4. The zero-order valence-corrected chi connectivity index (χ0v) is 36.8. The van der Waals surface area contributed by atoms with Gasteiger partial charge >= 0.3 is 18.2 Å². The topological polar surface area (TPSA) is 173 Å². The van der Waals surface area contributed by atoms with Crippen LogP contribution < -0.4 is 16.0 Å². The van der Waals surface area contributed by atoms with Crippen LogP contribution in [0, 0.1) is 5.92 Å². The Morgan fingerprint density at radius 2 is 1.43 bits per heavy atom. The van der Waals surface area contributed by atoms with Crippen molar-refractivity contribution in [3.63, 3.8) is 0 Å². The lowest BCUT2D eigenvalue weighted by molar-refractivity contribution is -0.147. The van der Waals surface area contributed by atoms with Gasteiger partial charge in [0.15, 0.2) is 0 Å². The van der Waals surface area contributed by atoms with Gasteiger partial charge in [0.2, 0.25) is 11.8 Å². The molecule has 1 heterocycles. The van der Waals surface area contributed by atoms with Crippen LogP contribution in [0.15, 0.2) is 128 Å². The molecule has 0 bridgehead atoms. The number of hydrogen-bond acceptors (Lipinski definition) is 9. The van der Waals surface area contributed by atoms with Crippen LogP contribution in [-0.2, 0) is 48.2 Å². The summed E-state index contributed by atoms with van der Waals surface area (Å²) in [6.07, 6.45) is 4.52. The van der Waals surface area contributed by atoms with Gasteiger partial charge in [-0.1, -0.05) is 115 Å². The Morgan fingerprint density at radius 3 is 2.12 bits per heavy atom. The minimum absolute atomic E-state index is 0.0664. The van der Waals surface area contributed by atoms with Gasteiger partial charge in [0.1, 0.15) is 25.9 Å². The third-order valence-corrected chi connectivity index (χ3v) is 11.9. The van der Waals surface area contributed by atoms with Gasteiger partial charge in [-0.2, -0.15) is 0 Å². The van der Waals surface area contributed by atoms with E-state index < -0.39 is 48.1 Å². The smallest absolute Gasteiger partial charge is 0.407 e. The Bertz CT molecular complexity index is 2220. The van der Waals surface area contributed by atoms with E-state index in [0.29, 0.717) is 45.2 Å². The molecule has 4 aromatic rings. The van der Waals surface area contributed by atoms with Crippen molar-refractivity contribution in [3.8, 4) is 11.1 Å². The van der Waals surface area contributed by atoms with Crippen molar-refractivity contribution in [1.82, 2.24) is 20.9 Å². The normalized spacial score (nSPS) is 15.2. The lowest BCUT2D eigenvalue weighted by atomic mass is 9.92. The molecule has 0 saturated heterocycles. The molecule has 0 spiro atoms. The number of rotatable bonds is 23. The van der Waals surface area contributed by atoms with E-state index in [1.165, 1.54) is 0 Å². The molecule has 13 heteroatoms. The van der Waals surface area contributed by atoms with Crippen LogP contribution in [0.3, 0.4) is 0 Å². The van der Waals surface area contributed by atoms with E-state index >= 15 is 0 Å². The number of nitrogens with zero attached hydrogens (tertiary/aromatic N) is 1. The minimum atomic E-state index is -1.06. The Balaban J connectivity index is 1.07. The molecule has 1 aliphatic heterocycles. The van der Waals surface area contributed by atoms with Crippen LogP contribution in [0.2, 0.25) is 0 Å². The Hall–Kier alpha value is -6.73. The molecular weight excluding hydrogens is 825 g/mol. The largest absolute Gasteiger partial charge is 0.462 e. The summed E-state index contributed by atoms with van der Waals surface area (Å²) in [6.45, 7) is 7.99. The fraction of sp³-hybridized carbons (Fsp3) is 0.365. The van der Waals surface area contributed by atoms with E-state index in [4.69, 9.17) is 14.2 Å². The third kappa shape index (κ3) is 13.4. The minimum Gasteiger partial charge on any atom is -0.462 e. The Morgan fingerprint density at radius 1 is 0.754 bits per heavy atom. The molecule has 4 atom stereocenters. The summed E-state index contributed by atoms with van der Waals surface area (Å²) in [5, 5.41) is 18.6. The number of amides is 4. The molecule has 0 saturated carbocycles. The molecule has 4 aromatic carbocycles. The molecule has 0 aromatic heterocycles. The standard InChI is InChI=1S/C52H60N4O9/c1-3-5-27-47(55-52(62)65-35-46-44-25-13-11-23-42(44)43-24-12-14-26-45(43)46)50(60)63-34-40(22-15-16-28-53-51(61)64-33-36-18-7-6-8-19-36)54-49(59)38(17-4-2)30-48(58)56-31-39-21-10-9-20-37(39)29-41(56)32-57/h3-4,6-14,18-21,23-26,38,40-41,46-47,57H,1-2,5,15-17,22,27-35H2,(H,53,61)(H,54,59)(H,55,62)/t38-,40-,41-,47-/m0/s1. The number of carbonyl (C=O) groups is 5. The lowest BCUT2D eigenvalue weighted by Crippen LogP contribution is -2.48. The van der Waals surface area contributed by atoms with Crippen molar-refractivity contribution in [1.29, 1.82) is 0 Å². The number of benzene rings is 4. The highest BCUT2D eigenvalue weighted by Gasteiger charge is 2.34. The highest BCUT2D eigenvalue weighted by atomic mass is 16.6. The van der Waals surface area contributed by atoms with Gasteiger partial charge in [0, 0.05) is 25.4 Å². The molecule has 65 heavy (non-hydrogen) atoms. The van der Waals surface area contributed by atoms with Crippen molar-refractivity contribution < 1.29 is 43.3 Å². The van der Waals surface area contributed by atoms with Crippen molar-refractivity contribution in [2.24, 2.45) is 5.92 Å². The second kappa shape index (κ2) is 24.4. The first kappa shape index (κ1) is 47.7. The average Bonchev–Trinajstić information content (AvgIpc) is 3.65. The van der Waals surface area contributed by atoms with E-state index in [0.717, 1.165) is 38.9 Å². The number of esters is 1. The number of unbranched alkanes of at least 4 members (excludes halogenated alkanes) is 1. The second-order valence-corrected chi connectivity index (χ2v) is 16.5. The molecule has 0 fully saturated rings. The van der Waals surface area contributed by atoms with Gasteiger partial charge in [-0.25, -0.2) is 14.4 Å². The average molecular weight is 885 g/mol. The van der Waals surface area contributed by atoms with E-state index in [1.807, 2.05) is 103 Å². The van der Waals surface area contributed by atoms with Gasteiger partial charge in [-0.3, -0.25) is 9.59 Å². The first-order valence-electron chi connectivity index (χ1n) is 22.4. The first-order chi connectivity index (χ1) is 31.7. The summed E-state index contributed by atoms with van der Waals surface area (Å²) in [7, 11) is 0. The zero-order chi connectivity index (χ0) is 46.0. The molecule has 1 aliphatic carbocycles. The lowest BCUT2D eigenvalue weighted by Gasteiger charge is -2.36. The number of aliphatic hydroxyl groups is 1. The number of hydrogen-bond donors (Lipinski definition) is 4. The quantitative estimate of drug-likeness (QED) is 0.0255. The highest BCUT2D eigenvalue weighted by molar-refractivity contribution is 5.87. The van der Waals surface area contributed by atoms with E-state index in [2.05, 4.69) is 29.1 Å². The van der Waals surface area contributed by atoms with Gasteiger partial charge < -0.3 is 40.2 Å². The number of carbonyl (C=O) groups excluding carboxylic acids is 5. The maximum atomic E-state index is 14.0. The first-order valence-corrected chi connectivity index (χ1v) is 22.4. The molecule has 0 unspecified atom stereocenters. The van der Waals surface area contributed by atoms with Crippen LogP contribution in [-0.4, -0.2) is 84.5 Å². The number of ether oxygens (including phenoxy) is 3. The summed E-state index contributed by atoms with van der Waals surface area (Å²) >= 11 is 0. The van der Waals surface area contributed by atoms with Crippen molar-refractivity contribution in [2.75, 3.05) is 26.4 Å². The summed E-state index contributed by atoms with van der Waals surface area (Å²) in [4.78, 5) is 68.8. The van der Waals surface area contributed by atoms with Crippen LogP contribution in [0.25, 0.3) is 11.1 Å². The third-order valence-electron chi connectivity index (χ3n) is 11.9. The number of aliphatic hydroxyl groups excluding tert-OH is 1. The molecule has 2 aliphatic rings. The maximum Gasteiger partial charge on any atom is 0.407 e. The van der Waals surface area contributed by atoms with Crippen LogP contribution in [0.4, 0.5) is 9.59 Å². The van der Waals surface area contributed by atoms with Gasteiger partial charge in [0.05, 0.1) is 24.6 Å². The summed E-state index contributed by atoms with van der Waals surface area (Å²) < 4.78 is 16.9. The van der Waals surface area contributed by atoms with Crippen molar-refractivity contribution in [2.45, 2.75) is 88.6 Å². The van der Waals surface area contributed by atoms with Crippen LogP contribution >= 0.6 is 0 Å². The number of alkyl carbamates (subject to hydrolysis) is 2. The molecule has 0 radical (unpaired) electrons.